The van der Waals surface area contributed by atoms with E-state index in [1.165, 1.54) is 13.3 Å². The molecule has 4 heteroatoms. The first-order valence-electron chi connectivity index (χ1n) is 9.01. The molecule has 0 unspecified atom stereocenters. The highest BCUT2D eigenvalue weighted by Gasteiger charge is 2.57. The highest BCUT2D eigenvalue weighted by Crippen LogP contribution is 2.63. The van der Waals surface area contributed by atoms with E-state index in [1.54, 1.807) is 0 Å². The predicted octanol–water partition coefficient (Wildman–Crippen LogP) is 3.60. The van der Waals surface area contributed by atoms with Gasteiger partial charge >= 0.3 is 5.97 Å². The van der Waals surface area contributed by atoms with Gasteiger partial charge in [0.25, 0.3) is 0 Å². The summed E-state index contributed by atoms with van der Waals surface area (Å²) in [6.07, 6.45) is 5.98. The lowest BCUT2D eigenvalue weighted by Gasteiger charge is -2.61. The smallest absolute Gasteiger partial charge is 0.335 e. The maximum absolute atomic E-state index is 11.2. The van der Waals surface area contributed by atoms with Gasteiger partial charge in [0.15, 0.2) is 5.60 Å². The Kier molecular flexibility index (Phi) is 4.67. The van der Waals surface area contributed by atoms with Crippen LogP contribution in [0.2, 0.25) is 0 Å². The third-order valence-corrected chi connectivity index (χ3v) is 7.14. The molecule has 2 aliphatic carbocycles. The van der Waals surface area contributed by atoms with Crippen LogP contribution in [0.4, 0.5) is 0 Å². The number of rotatable bonds is 4. The molecule has 134 valence electrons. The Bertz CT molecular complexity index is 466. The topological polar surface area (TPSA) is 77.8 Å². The molecule has 2 saturated carbocycles. The molecule has 2 fully saturated rings. The minimum absolute atomic E-state index is 0.0120. The Morgan fingerprint density at radius 1 is 1.17 bits per heavy atom. The standard InChI is InChI=1S/C19H34O4/c1-16(2)9-6-10-17(3)13(16)7-11-18(4,22)14(17)8-12-19(5,23)15(20)21/h13-14,22-23H,6-12H2,1-5H3,(H,20,21)/t13-,14+,17-,18+,19-/m0/s1. The van der Waals surface area contributed by atoms with Crippen molar-refractivity contribution in [2.24, 2.45) is 22.7 Å². The first-order valence-corrected chi connectivity index (χ1v) is 9.01. The second-order valence-corrected chi connectivity index (χ2v) is 9.47. The molecular formula is C19H34O4. The number of aliphatic hydroxyl groups is 2. The summed E-state index contributed by atoms with van der Waals surface area (Å²) in [5.41, 5.74) is -2.23. The fourth-order valence-electron chi connectivity index (χ4n) is 5.80. The molecule has 0 saturated heterocycles. The van der Waals surface area contributed by atoms with Gasteiger partial charge in [-0.1, -0.05) is 27.2 Å². The minimum atomic E-state index is -1.72. The molecule has 0 aromatic carbocycles. The van der Waals surface area contributed by atoms with Crippen molar-refractivity contribution in [1.82, 2.24) is 0 Å². The van der Waals surface area contributed by atoms with E-state index in [1.807, 2.05) is 6.92 Å². The predicted molar refractivity (Wildman–Crippen MR) is 90.1 cm³/mol. The van der Waals surface area contributed by atoms with Gasteiger partial charge in [0.2, 0.25) is 0 Å². The van der Waals surface area contributed by atoms with E-state index in [9.17, 15) is 15.0 Å². The lowest BCUT2D eigenvalue weighted by atomic mass is 9.45. The van der Waals surface area contributed by atoms with Crippen LogP contribution in [0, 0.1) is 22.7 Å². The maximum Gasteiger partial charge on any atom is 0.335 e. The van der Waals surface area contributed by atoms with Crippen LogP contribution in [-0.4, -0.2) is 32.5 Å². The van der Waals surface area contributed by atoms with Crippen molar-refractivity contribution < 1.29 is 20.1 Å². The summed E-state index contributed by atoms with van der Waals surface area (Å²) in [5, 5.41) is 30.3. The zero-order chi connectivity index (χ0) is 17.7. The Morgan fingerprint density at radius 3 is 2.35 bits per heavy atom. The van der Waals surface area contributed by atoms with Gasteiger partial charge in [-0.05, 0) is 75.0 Å². The van der Waals surface area contributed by atoms with Gasteiger partial charge in [-0.15, -0.1) is 0 Å². The van der Waals surface area contributed by atoms with E-state index in [-0.39, 0.29) is 23.2 Å². The number of hydrogen-bond acceptors (Lipinski definition) is 3. The quantitative estimate of drug-likeness (QED) is 0.737. The highest BCUT2D eigenvalue weighted by atomic mass is 16.4. The third-order valence-electron chi connectivity index (χ3n) is 7.14. The highest BCUT2D eigenvalue weighted by molar-refractivity contribution is 5.76. The molecule has 0 aliphatic heterocycles. The van der Waals surface area contributed by atoms with Crippen LogP contribution in [0.3, 0.4) is 0 Å². The van der Waals surface area contributed by atoms with Crippen molar-refractivity contribution in [2.75, 3.05) is 0 Å². The number of carboxylic acids is 1. The summed E-state index contributed by atoms with van der Waals surface area (Å²) in [6.45, 7) is 10.2. The Labute approximate surface area is 140 Å². The molecule has 0 aromatic heterocycles. The van der Waals surface area contributed by atoms with Gasteiger partial charge in [0, 0.05) is 0 Å². The van der Waals surface area contributed by atoms with Crippen molar-refractivity contribution in [3.8, 4) is 0 Å². The third kappa shape index (κ3) is 3.30. The molecule has 0 bridgehead atoms. The summed E-state index contributed by atoms with van der Waals surface area (Å²) in [5.74, 6) is -0.610. The second kappa shape index (κ2) is 5.73. The maximum atomic E-state index is 11.2. The van der Waals surface area contributed by atoms with Crippen molar-refractivity contribution in [3.05, 3.63) is 0 Å². The van der Waals surface area contributed by atoms with E-state index < -0.39 is 17.2 Å². The molecule has 0 spiro atoms. The Hall–Kier alpha value is -0.610. The molecule has 2 aliphatic rings. The van der Waals surface area contributed by atoms with Gasteiger partial charge in [0.1, 0.15) is 0 Å². The van der Waals surface area contributed by atoms with Crippen molar-refractivity contribution in [2.45, 2.75) is 90.8 Å². The van der Waals surface area contributed by atoms with E-state index in [0.29, 0.717) is 12.3 Å². The molecule has 0 radical (unpaired) electrons. The number of carbonyl (C=O) groups is 1. The van der Waals surface area contributed by atoms with E-state index in [0.717, 1.165) is 25.7 Å². The van der Waals surface area contributed by atoms with Gasteiger partial charge in [-0.3, -0.25) is 0 Å². The summed E-state index contributed by atoms with van der Waals surface area (Å²) >= 11 is 0. The Balaban J connectivity index is 2.28. The van der Waals surface area contributed by atoms with Crippen LogP contribution in [-0.2, 0) is 4.79 Å². The van der Waals surface area contributed by atoms with Crippen LogP contribution in [0.25, 0.3) is 0 Å². The van der Waals surface area contributed by atoms with Crippen molar-refractivity contribution >= 4 is 5.97 Å². The lowest BCUT2D eigenvalue weighted by Crippen LogP contribution is -2.57. The summed E-state index contributed by atoms with van der Waals surface area (Å²) in [6, 6.07) is 0. The van der Waals surface area contributed by atoms with Gasteiger partial charge in [-0.2, -0.15) is 0 Å². The molecule has 0 amide bonds. The number of fused-ring (bicyclic) bond motifs is 1. The Morgan fingerprint density at radius 2 is 1.78 bits per heavy atom. The van der Waals surface area contributed by atoms with E-state index in [4.69, 9.17) is 5.11 Å². The molecule has 4 nitrogen and oxygen atoms in total. The second-order valence-electron chi connectivity index (χ2n) is 9.47. The fraction of sp³-hybridized carbons (Fsp3) is 0.947. The van der Waals surface area contributed by atoms with Gasteiger partial charge in [0.05, 0.1) is 5.60 Å². The number of carboxylic acid groups (broad SMARTS) is 1. The summed E-state index contributed by atoms with van der Waals surface area (Å²) in [7, 11) is 0. The summed E-state index contributed by atoms with van der Waals surface area (Å²) < 4.78 is 0. The molecule has 0 heterocycles. The zero-order valence-electron chi connectivity index (χ0n) is 15.4. The first-order chi connectivity index (χ1) is 10.3. The average Bonchev–Trinajstić information content (AvgIpc) is 2.35. The lowest BCUT2D eigenvalue weighted by molar-refractivity contribution is -0.177. The van der Waals surface area contributed by atoms with Crippen LogP contribution in [0.5, 0.6) is 0 Å². The largest absolute Gasteiger partial charge is 0.479 e. The normalized spacial score (nSPS) is 42.6. The molecule has 5 atom stereocenters. The van der Waals surface area contributed by atoms with Crippen LogP contribution >= 0.6 is 0 Å². The molecule has 3 N–H and O–H groups in total. The fourth-order valence-corrected chi connectivity index (χ4v) is 5.80. The summed E-state index contributed by atoms with van der Waals surface area (Å²) in [4.78, 5) is 11.2. The number of hydrogen-bond donors (Lipinski definition) is 3. The SMILES string of the molecule is CC1(C)CCC[C@]2(C)[C@@H](CC[C@](C)(O)C(=O)O)[C@](C)(O)CC[C@@H]12. The van der Waals surface area contributed by atoms with Crippen LogP contribution < -0.4 is 0 Å². The molecule has 2 rings (SSSR count). The van der Waals surface area contributed by atoms with Gasteiger partial charge < -0.3 is 15.3 Å². The molecule has 0 aromatic rings. The molecule has 23 heavy (non-hydrogen) atoms. The average molecular weight is 326 g/mol. The van der Waals surface area contributed by atoms with Crippen molar-refractivity contribution in [1.29, 1.82) is 0 Å². The van der Waals surface area contributed by atoms with E-state index in [2.05, 4.69) is 20.8 Å². The van der Waals surface area contributed by atoms with Crippen molar-refractivity contribution in [3.63, 3.8) is 0 Å². The van der Waals surface area contributed by atoms with E-state index >= 15 is 0 Å². The van der Waals surface area contributed by atoms with Crippen LogP contribution in [0.15, 0.2) is 0 Å². The minimum Gasteiger partial charge on any atom is -0.479 e. The number of aliphatic carboxylic acids is 1. The molecular weight excluding hydrogens is 292 g/mol. The zero-order valence-corrected chi connectivity index (χ0v) is 15.4. The van der Waals surface area contributed by atoms with Gasteiger partial charge in [-0.25, -0.2) is 4.79 Å². The van der Waals surface area contributed by atoms with Crippen LogP contribution in [0.1, 0.15) is 79.6 Å². The monoisotopic (exact) mass is 326 g/mol. The first kappa shape index (κ1) is 18.7.